The molecule has 2 rings (SSSR count). The number of nitrogens with one attached hydrogen (secondary N) is 2. The zero-order valence-corrected chi connectivity index (χ0v) is 16.4. The number of ether oxygens (including phenoxy) is 2. The Hall–Kier alpha value is -2.03. The van der Waals surface area contributed by atoms with Gasteiger partial charge in [0.2, 0.25) is 0 Å². The molecule has 0 saturated carbocycles. The lowest BCUT2D eigenvalue weighted by molar-refractivity contribution is 0.355. The Morgan fingerprint density at radius 1 is 1.17 bits per heavy atom. The fourth-order valence-corrected chi connectivity index (χ4v) is 2.10. The summed E-state index contributed by atoms with van der Waals surface area (Å²) in [6, 6.07) is 9.62. The maximum absolute atomic E-state index is 5.30. The van der Waals surface area contributed by atoms with Gasteiger partial charge < -0.3 is 20.1 Å². The summed E-state index contributed by atoms with van der Waals surface area (Å²) in [6.07, 6.45) is 4.52. The molecule has 6 nitrogen and oxygen atoms in total. The van der Waals surface area contributed by atoms with Crippen LogP contribution in [0.2, 0.25) is 0 Å². The monoisotopic (exact) mass is 442 g/mol. The molecule has 2 aromatic rings. The van der Waals surface area contributed by atoms with Crippen molar-refractivity contribution < 1.29 is 9.47 Å². The number of aliphatic imine (C=N–C) groups is 1. The first-order chi connectivity index (χ1) is 11.3. The van der Waals surface area contributed by atoms with Gasteiger partial charge >= 0.3 is 0 Å². The van der Waals surface area contributed by atoms with Crippen molar-refractivity contribution in [3.63, 3.8) is 0 Å². The minimum atomic E-state index is 0. The van der Waals surface area contributed by atoms with Crippen molar-refractivity contribution >= 4 is 35.6 Å². The van der Waals surface area contributed by atoms with Crippen molar-refractivity contribution in [2.24, 2.45) is 4.99 Å². The summed E-state index contributed by atoms with van der Waals surface area (Å²) in [6.45, 7) is 0.763. The van der Waals surface area contributed by atoms with Crippen molar-refractivity contribution in [1.82, 2.24) is 10.3 Å². The second-order valence-electron chi connectivity index (χ2n) is 4.81. The van der Waals surface area contributed by atoms with E-state index in [4.69, 9.17) is 9.47 Å². The van der Waals surface area contributed by atoms with Gasteiger partial charge in [-0.1, -0.05) is 6.07 Å². The van der Waals surface area contributed by atoms with E-state index in [1.807, 2.05) is 30.5 Å². The first kappa shape index (κ1) is 20.0. The number of hydrogen-bond donors (Lipinski definition) is 2. The molecule has 2 N–H and O–H groups in total. The summed E-state index contributed by atoms with van der Waals surface area (Å²) in [5, 5.41) is 6.50. The number of halogens is 1. The number of methoxy groups -OCH3 is 2. The fraction of sp³-hybridized carbons (Fsp3) is 0.294. The minimum absolute atomic E-state index is 0. The molecule has 0 bridgehead atoms. The van der Waals surface area contributed by atoms with Crippen LogP contribution < -0.4 is 20.1 Å². The molecule has 0 aliphatic rings. The molecule has 0 radical (unpaired) electrons. The number of pyridine rings is 1. The fourth-order valence-electron chi connectivity index (χ4n) is 2.10. The Kier molecular flexibility index (Phi) is 8.92. The van der Waals surface area contributed by atoms with Gasteiger partial charge in [-0.05, 0) is 30.2 Å². The van der Waals surface area contributed by atoms with Gasteiger partial charge in [0.05, 0.1) is 14.2 Å². The molecule has 0 spiro atoms. The van der Waals surface area contributed by atoms with Crippen LogP contribution in [0.5, 0.6) is 11.5 Å². The Bertz CT molecular complexity index is 650. The predicted molar refractivity (Wildman–Crippen MR) is 108 cm³/mol. The first-order valence-corrected chi connectivity index (χ1v) is 7.35. The van der Waals surface area contributed by atoms with Gasteiger partial charge in [0.1, 0.15) is 0 Å². The second kappa shape index (κ2) is 10.7. The highest BCUT2D eigenvalue weighted by molar-refractivity contribution is 14.0. The van der Waals surface area contributed by atoms with Gasteiger partial charge in [0, 0.05) is 37.7 Å². The zero-order valence-electron chi connectivity index (χ0n) is 14.1. The molecule has 130 valence electrons. The molecule has 0 fully saturated rings. The largest absolute Gasteiger partial charge is 0.493 e. The molecule has 0 aliphatic carbocycles. The highest BCUT2D eigenvalue weighted by Crippen LogP contribution is 2.29. The number of rotatable bonds is 6. The number of nitrogens with zero attached hydrogens (tertiary/aromatic N) is 2. The first-order valence-electron chi connectivity index (χ1n) is 7.35. The second-order valence-corrected chi connectivity index (χ2v) is 4.81. The average molecular weight is 442 g/mol. The van der Waals surface area contributed by atoms with Crippen LogP contribution in [-0.4, -0.2) is 38.8 Å². The number of anilines is 1. The quantitative estimate of drug-likeness (QED) is 0.409. The van der Waals surface area contributed by atoms with Gasteiger partial charge in [-0.15, -0.1) is 24.0 Å². The standard InChI is InChI=1S/C17H22N4O2.HI/c1-18-17(20-10-8-13-5-4-9-19-12-13)21-14-6-7-15(22-2)16(11-14)23-3;/h4-7,9,11-12H,8,10H2,1-3H3,(H2,18,20,21);1H. The van der Waals surface area contributed by atoms with Crippen molar-refractivity contribution in [2.75, 3.05) is 33.1 Å². The molecule has 1 aromatic carbocycles. The Morgan fingerprint density at radius 2 is 1.96 bits per heavy atom. The highest BCUT2D eigenvalue weighted by Gasteiger charge is 2.06. The molecule has 0 saturated heterocycles. The smallest absolute Gasteiger partial charge is 0.195 e. The van der Waals surface area contributed by atoms with E-state index in [9.17, 15) is 0 Å². The van der Waals surface area contributed by atoms with Crippen LogP contribution in [0.15, 0.2) is 47.7 Å². The third-order valence-electron chi connectivity index (χ3n) is 3.30. The molecular weight excluding hydrogens is 419 g/mol. The van der Waals surface area contributed by atoms with Crippen molar-refractivity contribution in [2.45, 2.75) is 6.42 Å². The van der Waals surface area contributed by atoms with Gasteiger partial charge in [-0.3, -0.25) is 9.98 Å². The van der Waals surface area contributed by atoms with E-state index in [1.54, 1.807) is 27.5 Å². The maximum atomic E-state index is 5.30. The van der Waals surface area contributed by atoms with E-state index >= 15 is 0 Å². The van der Waals surface area contributed by atoms with Crippen LogP contribution in [0.1, 0.15) is 5.56 Å². The molecule has 0 atom stereocenters. The predicted octanol–water partition coefficient (Wildman–Crippen LogP) is 2.95. The summed E-state index contributed by atoms with van der Waals surface area (Å²) in [4.78, 5) is 8.33. The highest BCUT2D eigenvalue weighted by atomic mass is 127. The number of benzene rings is 1. The number of hydrogen-bond acceptors (Lipinski definition) is 4. The normalized spacial score (nSPS) is 10.5. The summed E-state index contributed by atoms with van der Waals surface area (Å²) >= 11 is 0. The van der Waals surface area contributed by atoms with Gasteiger partial charge in [-0.25, -0.2) is 0 Å². The lowest BCUT2D eigenvalue weighted by atomic mass is 10.2. The van der Waals surface area contributed by atoms with Gasteiger partial charge in [-0.2, -0.15) is 0 Å². The zero-order chi connectivity index (χ0) is 16.5. The van der Waals surface area contributed by atoms with E-state index in [0.29, 0.717) is 17.5 Å². The molecule has 0 unspecified atom stereocenters. The van der Waals surface area contributed by atoms with Crippen molar-refractivity contribution in [3.8, 4) is 11.5 Å². The van der Waals surface area contributed by atoms with E-state index in [0.717, 1.165) is 18.7 Å². The third-order valence-corrected chi connectivity index (χ3v) is 3.30. The van der Waals surface area contributed by atoms with Crippen molar-refractivity contribution in [3.05, 3.63) is 48.3 Å². The van der Waals surface area contributed by atoms with Gasteiger partial charge in [0.15, 0.2) is 17.5 Å². The van der Waals surface area contributed by atoms with Crippen LogP contribution in [0.4, 0.5) is 5.69 Å². The number of guanidine groups is 1. The van der Waals surface area contributed by atoms with Crippen molar-refractivity contribution in [1.29, 1.82) is 0 Å². The summed E-state index contributed by atoms with van der Waals surface area (Å²) in [5.74, 6) is 2.06. The lowest BCUT2D eigenvalue weighted by Crippen LogP contribution is -2.32. The Balaban J connectivity index is 0.00000288. The molecule has 7 heteroatoms. The van der Waals surface area contributed by atoms with E-state index < -0.39 is 0 Å². The van der Waals surface area contributed by atoms with Crippen LogP contribution in [-0.2, 0) is 6.42 Å². The van der Waals surface area contributed by atoms with Crippen LogP contribution in [0.3, 0.4) is 0 Å². The summed E-state index contributed by atoms with van der Waals surface area (Å²) in [7, 11) is 4.96. The SMILES string of the molecule is CN=C(NCCc1cccnc1)Nc1ccc(OC)c(OC)c1.I. The molecule has 24 heavy (non-hydrogen) atoms. The molecular formula is C17H23IN4O2. The molecule has 0 aliphatic heterocycles. The van der Waals surface area contributed by atoms with Crippen LogP contribution in [0, 0.1) is 0 Å². The topological polar surface area (TPSA) is 67.8 Å². The van der Waals surface area contributed by atoms with Gasteiger partial charge in [0.25, 0.3) is 0 Å². The third kappa shape index (κ3) is 5.88. The number of aromatic nitrogens is 1. The van der Waals surface area contributed by atoms with Crippen LogP contribution in [0.25, 0.3) is 0 Å². The van der Waals surface area contributed by atoms with E-state index in [-0.39, 0.29) is 24.0 Å². The Labute approximate surface area is 159 Å². The molecule has 0 amide bonds. The summed E-state index contributed by atoms with van der Waals surface area (Å²) < 4.78 is 10.5. The van der Waals surface area contributed by atoms with E-state index in [2.05, 4.69) is 26.7 Å². The maximum Gasteiger partial charge on any atom is 0.195 e. The average Bonchev–Trinajstić information content (AvgIpc) is 2.61. The summed E-state index contributed by atoms with van der Waals surface area (Å²) in [5.41, 5.74) is 2.05. The Morgan fingerprint density at radius 3 is 2.58 bits per heavy atom. The lowest BCUT2D eigenvalue weighted by Gasteiger charge is -2.14. The van der Waals surface area contributed by atoms with E-state index in [1.165, 1.54) is 5.56 Å². The van der Waals surface area contributed by atoms with Crippen LogP contribution >= 0.6 is 24.0 Å². The minimum Gasteiger partial charge on any atom is -0.493 e. The molecule has 1 heterocycles. The molecule has 1 aromatic heterocycles.